The van der Waals surface area contributed by atoms with Crippen molar-refractivity contribution in [1.29, 1.82) is 0 Å². The Morgan fingerprint density at radius 3 is 1.91 bits per heavy atom. The van der Waals surface area contributed by atoms with E-state index >= 15 is 0 Å². The molecule has 2 heterocycles. The molecule has 0 amide bonds. The van der Waals surface area contributed by atoms with Crippen LogP contribution in [0, 0.1) is 6.92 Å². The molecule has 16 nitrogen and oxygen atoms in total. The second-order valence-electron chi connectivity index (χ2n) is 10.9. The van der Waals surface area contributed by atoms with Gasteiger partial charge in [-0.2, -0.15) is 0 Å². The zero-order valence-electron chi connectivity index (χ0n) is 24.3. The highest BCUT2D eigenvalue weighted by molar-refractivity contribution is 6.31. The van der Waals surface area contributed by atoms with Crippen molar-refractivity contribution in [3.05, 3.63) is 46.0 Å². The number of carbonyl (C=O) groups is 2. The SMILES string of the molecule is COc1cc(OC2OC(COC3OC(CO)C(O)C(O)C3O)C(O)C(O)C2O)c2c(c1O)C(=O)c1cc(C)cc(OC)c1C2=O. The molecule has 3 aliphatic rings. The van der Waals surface area contributed by atoms with Crippen molar-refractivity contribution in [3.8, 4) is 23.0 Å². The first-order valence-corrected chi connectivity index (χ1v) is 13.8. The fraction of sp³-hybridized carbons (Fsp3) is 0.517. The lowest BCUT2D eigenvalue weighted by Gasteiger charge is -2.42. The molecule has 1 aliphatic carbocycles. The number of rotatable bonds is 8. The number of aliphatic hydroxyl groups is 7. The Morgan fingerprint density at radius 2 is 1.29 bits per heavy atom. The highest BCUT2D eigenvalue weighted by atomic mass is 16.7. The molecule has 2 aromatic rings. The maximum atomic E-state index is 13.9. The van der Waals surface area contributed by atoms with Gasteiger partial charge in [0.1, 0.15) is 60.3 Å². The number of hydrogen-bond donors (Lipinski definition) is 8. The minimum absolute atomic E-state index is 0.0308. The molecule has 0 radical (unpaired) electrons. The summed E-state index contributed by atoms with van der Waals surface area (Å²) in [4.78, 5) is 27.5. The smallest absolute Gasteiger partial charge is 0.229 e. The molecule has 2 fully saturated rings. The lowest BCUT2D eigenvalue weighted by molar-refractivity contribution is -0.323. The van der Waals surface area contributed by atoms with Crippen molar-refractivity contribution in [2.45, 2.75) is 68.3 Å². The van der Waals surface area contributed by atoms with E-state index in [0.717, 1.165) is 6.07 Å². The Morgan fingerprint density at radius 1 is 0.689 bits per heavy atom. The average Bonchev–Trinajstić information content (AvgIpc) is 3.02. The Labute approximate surface area is 255 Å². The van der Waals surface area contributed by atoms with E-state index in [9.17, 15) is 50.4 Å². The number of aliphatic hydroxyl groups excluding tert-OH is 7. The van der Waals surface area contributed by atoms with Crippen LogP contribution in [0.3, 0.4) is 0 Å². The van der Waals surface area contributed by atoms with E-state index in [1.54, 1.807) is 13.0 Å². The van der Waals surface area contributed by atoms with Gasteiger partial charge in [-0.15, -0.1) is 0 Å². The number of fused-ring (bicyclic) bond motifs is 2. The first-order valence-electron chi connectivity index (χ1n) is 13.8. The molecule has 2 aromatic carbocycles. The fourth-order valence-electron chi connectivity index (χ4n) is 5.58. The first-order chi connectivity index (χ1) is 21.3. The molecule has 8 N–H and O–H groups in total. The molecule has 45 heavy (non-hydrogen) atoms. The third-order valence-electron chi connectivity index (χ3n) is 8.03. The normalized spacial score (nSPS) is 32.9. The van der Waals surface area contributed by atoms with Gasteiger partial charge in [0.2, 0.25) is 12.1 Å². The molecule has 0 aromatic heterocycles. The van der Waals surface area contributed by atoms with Crippen LogP contribution < -0.4 is 14.2 Å². The maximum Gasteiger partial charge on any atom is 0.229 e. The number of methoxy groups -OCH3 is 2. The minimum Gasteiger partial charge on any atom is -0.504 e. The molecule has 16 heteroatoms. The zero-order chi connectivity index (χ0) is 32.9. The number of carbonyl (C=O) groups excluding carboxylic acids is 2. The molecule has 10 unspecified atom stereocenters. The third kappa shape index (κ3) is 5.63. The topological polar surface area (TPSA) is 251 Å². The predicted molar refractivity (Wildman–Crippen MR) is 146 cm³/mol. The van der Waals surface area contributed by atoms with Gasteiger partial charge in [-0.3, -0.25) is 9.59 Å². The summed E-state index contributed by atoms with van der Waals surface area (Å²) in [5.74, 6) is -2.70. The van der Waals surface area contributed by atoms with Crippen LogP contribution in [-0.2, 0) is 14.2 Å². The largest absolute Gasteiger partial charge is 0.504 e. The number of benzene rings is 2. The van der Waals surface area contributed by atoms with Crippen LogP contribution >= 0.6 is 0 Å². The van der Waals surface area contributed by atoms with Gasteiger partial charge in [-0.05, 0) is 24.6 Å². The summed E-state index contributed by atoms with van der Waals surface area (Å²) in [5, 5.41) is 82.5. The van der Waals surface area contributed by atoms with E-state index in [1.165, 1.54) is 20.3 Å². The van der Waals surface area contributed by atoms with Crippen LogP contribution in [0.25, 0.3) is 0 Å². The van der Waals surface area contributed by atoms with Crippen LogP contribution in [0.5, 0.6) is 23.0 Å². The molecular weight excluding hydrogens is 604 g/mol. The second kappa shape index (κ2) is 12.8. The van der Waals surface area contributed by atoms with E-state index in [4.69, 9.17) is 28.4 Å². The zero-order valence-corrected chi connectivity index (χ0v) is 24.3. The number of phenols is 1. The van der Waals surface area contributed by atoms with Gasteiger partial charge in [0, 0.05) is 11.6 Å². The quantitative estimate of drug-likeness (QED) is 0.127. The standard InChI is InChI=1S/C29H34O16/c1-9-4-10-16(11(5-9)40-2)23(35)17-12(6-13(41-3)20(32)18(17)19(10)31)43-29-27(39)25(37)22(34)15(45-29)8-42-28-26(38)24(36)21(33)14(7-30)44-28/h4-6,14-15,21-22,24-30,32-34,36-39H,7-8H2,1-3H3. The summed E-state index contributed by atoms with van der Waals surface area (Å²) in [6.45, 7) is 0.340. The summed E-state index contributed by atoms with van der Waals surface area (Å²) in [7, 11) is 2.51. The molecule has 2 saturated heterocycles. The second-order valence-corrected chi connectivity index (χ2v) is 10.9. The summed E-state index contributed by atoms with van der Waals surface area (Å²) in [6, 6.07) is 4.09. The van der Waals surface area contributed by atoms with Crippen LogP contribution in [0.2, 0.25) is 0 Å². The number of aryl methyl sites for hydroxylation is 1. The minimum atomic E-state index is -1.92. The lowest BCUT2D eigenvalue weighted by atomic mass is 9.81. The summed E-state index contributed by atoms with van der Waals surface area (Å²) in [5.41, 5.74) is -0.364. The van der Waals surface area contributed by atoms with Crippen LogP contribution in [0.1, 0.15) is 37.4 Å². The average molecular weight is 639 g/mol. The molecule has 10 atom stereocenters. The van der Waals surface area contributed by atoms with Gasteiger partial charge in [0.05, 0.1) is 44.1 Å². The summed E-state index contributed by atoms with van der Waals surface area (Å²) in [6.07, 6.45) is -16.9. The van der Waals surface area contributed by atoms with Crippen molar-refractivity contribution in [2.75, 3.05) is 27.4 Å². The molecule has 5 rings (SSSR count). The van der Waals surface area contributed by atoms with E-state index < -0.39 is 103 Å². The third-order valence-corrected chi connectivity index (χ3v) is 8.03. The Balaban J connectivity index is 1.45. The number of phenolic OH excluding ortho intramolecular Hbond substituents is 1. The van der Waals surface area contributed by atoms with Crippen molar-refractivity contribution in [1.82, 2.24) is 0 Å². The van der Waals surface area contributed by atoms with Crippen molar-refractivity contribution in [2.24, 2.45) is 0 Å². The van der Waals surface area contributed by atoms with Gasteiger partial charge in [-0.25, -0.2) is 0 Å². The van der Waals surface area contributed by atoms with Gasteiger partial charge in [-0.1, -0.05) is 0 Å². The maximum absolute atomic E-state index is 13.9. The van der Waals surface area contributed by atoms with Crippen molar-refractivity contribution >= 4 is 11.6 Å². The predicted octanol–water partition coefficient (Wildman–Crippen LogP) is -2.50. The molecule has 246 valence electrons. The Bertz CT molecular complexity index is 1460. The van der Waals surface area contributed by atoms with Gasteiger partial charge in [0.15, 0.2) is 23.6 Å². The Kier molecular flexibility index (Phi) is 9.35. The lowest BCUT2D eigenvalue weighted by Crippen LogP contribution is -2.62. The molecule has 0 spiro atoms. The first kappa shape index (κ1) is 33.0. The van der Waals surface area contributed by atoms with Gasteiger partial charge in [0.25, 0.3) is 0 Å². The van der Waals surface area contributed by atoms with E-state index in [1.807, 2.05) is 0 Å². The molecule has 2 aliphatic heterocycles. The summed E-state index contributed by atoms with van der Waals surface area (Å²) < 4.78 is 32.7. The molecular formula is C29H34O16. The number of aromatic hydroxyl groups is 1. The number of ketones is 2. The number of hydrogen-bond acceptors (Lipinski definition) is 16. The van der Waals surface area contributed by atoms with Crippen molar-refractivity contribution in [3.63, 3.8) is 0 Å². The van der Waals surface area contributed by atoms with E-state index in [2.05, 4.69) is 0 Å². The Hall–Kier alpha value is -3.42. The van der Waals surface area contributed by atoms with Crippen LogP contribution in [-0.4, -0.2) is 141 Å². The monoisotopic (exact) mass is 638 g/mol. The fourth-order valence-corrected chi connectivity index (χ4v) is 5.58. The van der Waals surface area contributed by atoms with Crippen LogP contribution in [0.15, 0.2) is 18.2 Å². The molecule has 0 bridgehead atoms. The highest BCUT2D eigenvalue weighted by Gasteiger charge is 2.49. The number of ether oxygens (including phenoxy) is 6. The van der Waals surface area contributed by atoms with Gasteiger partial charge >= 0.3 is 0 Å². The summed E-state index contributed by atoms with van der Waals surface area (Å²) >= 11 is 0. The van der Waals surface area contributed by atoms with Crippen molar-refractivity contribution < 1.29 is 78.9 Å². The van der Waals surface area contributed by atoms with Crippen LogP contribution in [0.4, 0.5) is 0 Å². The van der Waals surface area contributed by atoms with E-state index in [-0.39, 0.29) is 28.4 Å². The molecule has 0 saturated carbocycles. The van der Waals surface area contributed by atoms with E-state index in [0.29, 0.717) is 5.56 Å². The highest BCUT2D eigenvalue weighted by Crippen LogP contribution is 2.46. The van der Waals surface area contributed by atoms with Gasteiger partial charge < -0.3 is 69.3 Å².